The first-order chi connectivity index (χ1) is 10.1. The number of carbonyl (C=O) groups excluding carboxylic acids is 1. The zero-order valence-corrected chi connectivity index (χ0v) is 12.4. The lowest BCUT2D eigenvalue weighted by Crippen LogP contribution is -2.12. The topological polar surface area (TPSA) is 42.0 Å². The SMILES string of the molecule is O=C(Nc1ccc(Br)nc1)c1ccc(F)c2ccccc12. The highest BCUT2D eigenvalue weighted by molar-refractivity contribution is 9.10. The van der Waals surface area contributed by atoms with Gasteiger partial charge in [0.1, 0.15) is 10.4 Å². The van der Waals surface area contributed by atoms with Gasteiger partial charge in [0.05, 0.1) is 11.9 Å². The molecule has 3 rings (SSSR count). The molecule has 3 nitrogen and oxygen atoms in total. The van der Waals surface area contributed by atoms with E-state index in [4.69, 9.17) is 0 Å². The predicted molar refractivity (Wildman–Crippen MR) is 83.8 cm³/mol. The first kappa shape index (κ1) is 13.7. The summed E-state index contributed by atoms with van der Waals surface area (Å²) in [5, 5.41) is 3.77. The van der Waals surface area contributed by atoms with Crippen LogP contribution in [0.5, 0.6) is 0 Å². The van der Waals surface area contributed by atoms with E-state index in [1.165, 1.54) is 12.1 Å². The molecule has 5 heteroatoms. The molecule has 1 aromatic heterocycles. The second-order valence-corrected chi connectivity index (χ2v) is 5.28. The summed E-state index contributed by atoms with van der Waals surface area (Å²) >= 11 is 3.23. The Morgan fingerprint density at radius 1 is 1.05 bits per heavy atom. The van der Waals surface area contributed by atoms with Crippen LogP contribution in [-0.2, 0) is 0 Å². The van der Waals surface area contributed by atoms with Gasteiger partial charge in [0.25, 0.3) is 5.91 Å². The number of anilines is 1. The third kappa shape index (κ3) is 2.78. The molecule has 0 spiro atoms. The van der Waals surface area contributed by atoms with Gasteiger partial charge in [0, 0.05) is 10.9 Å². The lowest BCUT2D eigenvalue weighted by molar-refractivity contribution is 0.102. The Morgan fingerprint density at radius 2 is 1.81 bits per heavy atom. The Morgan fingerprint density at radius 3 is 2.52 bits per heavy atom. The maximum Gasteiger partial charge on any atom is 0.256 e. The van der Waals surface area contributed by atoms with E-state index < -0.39 is 0 Å². The number of hydrogen-bond donors (Lipinski definition) is 1. The second kappa shape index (κ2) is 5.61. The van der Waals surface area contributed by atoms with Gasteiger partial charge >= 0.3 is 0 Å². The molecule has 0 bridgehead atoms. The van der Waals surface area contributed by atoms with Crippen LogP contribution in [0.3, 0.4) is 0 Å². The summed E-state index contributed by atoms with van der Waals surface area (Å²) in [5.74, 6) is -0.636. The molecule has 1 N–H and O–H groups in total. The summed E-state index contributed by atoms with van der Waals surface area (Å²) in [4.78, 5) is 16.4. The Kier molecular flexibility index (Phi) is 3.66. The highest BCUT2D eigenvalue weighted by Gasteiger charge is 2.12. The Bertz CT molecular complexity index is 818. The van der Waals surface area contributed by atoms with Crippen LogP contribution in [-0.4, -0.2) is 10.9 Å². The number of rotatable bonds is 2. The van der Waals surface area contributed by atoms with E-state index in [0.29, 0.717) is 26.6 Å². The van der Waals surface area contributed by atoms with Gasteiger partial charge in [0.2, 0.25) is 0 Å². The number of aromatic nitrogens is 1. The minimum absolute atomic E-state index is 0.296. The van der Waals surface area contributed by atoms with Crippen LogP contribution in [0.25, 0.3) is 10.8 Å². The number of amides is 1. The lowest BCUT2D eigenvalue weighted by atomic mass is 10.0. The van der Waals surface area contributed by atoms with Crippen molar-refractivity contribution in [3.05, 3.63) is 70.7 Å². The van der Waals surface area contributed by atoms with E-state index in [2.05, 4.69) is 26.2 Å². The summed E-state index contributed by atoms with van der Waals surface area (Å²) < 4.78 is 14.4. The van der Waals surface area contributed by atoms with Crippen LogP contribution < -0.4 is 5.32 Å². The van der Waals surface area contributed by atoms with Gasteiger partial charge in [-0.25, -0.2) is 9.37 Å². The van der Waals surface area contributed by atoms with Crippen molar-refractivity contribution < 1.29 is 9.18 Å². The van der Waals surface area contributed by atoms with Crippen molar-refractivity contribution in [1.82, 2.24) is 4.98 Å². The first-order valence-electron chi connectivity index (χ1n) is 6.25. The third-order valence-corrected chi connectivity index (χ3v) is 3.57. The number of carbonyl (C=O) groups is 1. The summed E-state index contributed by atoms with van der Waals surface area (Å²) in [5.41, 5.74) is 1.01. The Hall–Kier alpha value is -2.27. The van der Waals surface area contributed by atoms with Gasteiger partial charge in [-0.1, -0.05) is 24.3 Å². The molecule has 2 aromatic carbocycles. The molecule has 0 aliphatic heterocycles. The summed E-state index contributed by atoms with van der Waals surface area (Å²) in [6.45, 7) is 0. The van der Waals surface area contributed by atoms with Crippen LogP contribution in [0.4, 0.5) is 10.1 Å². The number of pyridine rings is 1. The average molecular weight is 345 g/mol. The van der Waals surface area contributed by atoms with Crippen molar-refractivity contribution in [3.8, 4) is 0 Å². The van der Waals surface area contributed by atoms with Crippen molar-refractivity contribution in [2.75, 3.05) is 5.32 Å². The standard InChI is InChI=1S/C16H10BrFN2O/c17-15-8-5-10(9-19-15)20-16(21)13-6-7-14(18)12-4-2-1-3-11(12)13/h1-9H,(H,20,21). The number of benzene rings is 2. The predicted octanol–water partition coefficient (Wildman–Crippen LogP) is 4.39. The Balaban J connectivity index is 1.98. The maximum atomic E-state index is 13.8. The van der Waals surface area contributed by atoms with Crippen LogP contribution in [0.15, 0.2) is 59.3 Å². The lowest BCUT2D eigenvalue weighted by Gasteiger charge is -2.08. The van der Waals surface area contributed by atoms with Gasteiger partial charge in [-0.2, -0.15) is 0 Å². The van der Waals surface area contributed by atoms with Crippen LogP contribution in [0.2, 0.25) is 0 Å². The zero-order valence-electron chi connectivity index (χ0n) is 10.8. The number of nitrogens with zero attached hydrogens (tertiary/aromatic N) is 1. The van der Waals surface area contributed by atoms with E-state index >= 15 is 0 Å². The first-order valence-corrected chi connectivity index (χ1v) is 7.04. The highest BCUT2D eigenvalue weighted by Crippen LogP contribution is 2.22. The summed E-state index contributed by atoms with van der Waals surface area (Å²) in [7, 11) is 0. The fourth-order valence-electron chi connectivity index (χ4n) is 2.11. The van der Waals surface area contributed by atoms with Crippen molar-refractivity contribution in [1.29, 1.82) is 0 Å². The van der Waals surface area contributed by atoms with E-state index in [1.54, 1.807) is 42.6 Å². The van der Waals surface area contributed by atoms with Gasteiger partial charge in [-0.05, 0) is 45.6 Å². The Labute approximate surface area is 128 Å². The molecule has 104 valence electrons. The van der Waals surface area contributed by atoms with Crippen molar-refractivity contribution >= 4 is 38.3 Å². The maximum absolute atomic E-state index is 13.8. The molecule has 0 fully saturated rings. The monoisotopic (exact) mass is 344 g/mol. The number of hydrogen-bond acceptors (Lipinski definition) is 2. The van der Waals surface area contributed by atoms with Crippen LogP contribution in [0.1, 0.15) is 10.4 Å². The zero-order chi connectivity index (χ0) is 14.8. The average Bonchev–Trinajstić information content (AvgIpc) is 2.50. The second-order valence-electron chi connectivity index (χ2n) is 4.46. The smallest absolute Gasteiger partial charge is 0.256 e. The van der Waals surface area contributed by atoms with Gasteiger partial charge in [0.15, 0.2) is 0 Å². The van der Waals surface area contributed by atoms with Crippen molar-refractivity contribution in [2.45, 2.75) is 0 Å². The molecule has 0 aliphatic carbocycles. The highest BCUT2D eigenvalue weighted by atomic mass is 79.9. The fourth-order valence-corrected chi connectivity index (χ4v) is 2.34. The molecule has 21 heavy (non-hydrogen) atoms. The summed E-state index contributed by atoms with van der Waals surface area (Å²) in [6.07, 6.45) is 1.55. The number of fused-ring (bicyclic) bond motifs is 1. The van der Waals surface area contributed by atoms with Crippen molar-refractivity contribution in [3.63, 3.8) is 0 Å². The normalized spacial score (nSPS) is 10.6. The number of nitrogens with one attached hydrogen (secondary N) is 1. The van der Waals surface area contributed by atoms with Crippen LogP contribution >= 0.6 is 15.9 Å². The molecular formula is C16H10BrFN2O. The van der Waals surface area contributed by atoms with Crippen LogP contribution in [0, 0.1) is 5.82 Å². The van der Waals surface area contributed by atoms with Gasteiger partial charge in [-0.3, -0.25) is 4.79 Å². The largest absolute Gasteiger partial charge is 0.321 e. The fraction of sp³-hybridized carbons (Fsp3) is 0. The van der Waals surface area contributed by atoms with Crippen molar-refractivity contribution in [2.24, 2.45) is 0 Å². The third-order valence-electron chi connectivity index (χ3n) is 3.10. The molecule has 0 atom stereocenters. The summed E-state index contributed by atoms with van der Waals surface area (Å²) in [6, 6.07) is 13.2. The molecule has 0 saturated heterocycles. The van der Waals surface area contributed by atoms with Gasteiger partial charge in [-0.15, -0.1) is 0 Å². The van der Waals surface area contributed by atoms with E-state index in [9.17, 15) is 9.18 Å². The van der Waals surface area contributed by atoms with E-state index in [0.717, 1.165) is 0 Å². The quantitative estimate of drug-likeness (QED) is 0.700. The number of halogens is 2. The molecule has 3 aromatic rings. The minimum Gasteiger partial charge on any atom is -0.321 e. The molecule has 0 aliphatic rings. The molecular weight excluding hydrogens is 335 g/mol. The molecule has 0 saturated carbocycles. The molecule has 1 heterocycles. The van der Waals surface area contributed by atoms with E-state index in [-0.39, 0.29) is 11.7 Å². The molecule has 0 radical (unpaired) electrons. The van der Waals surface area contributed by atoms with E-state index in [1.807, 2.05) is 0 Å². The minimum atomic E-state index is -0.340. The molecule has 1 amide bonds. The molecule has 0 unspecified atom stereocenters. The van der Waals surface area contributed by atoms with Gasteiger partial charge < -0.3 is 5.32 Å².